The molecule has 0 amide bonds. The fourth-order valence-electron chi connectivity index (χ4n) is 4.39. The molecule has 0 atom stereocenters. The number of carbonyl (C=O) groups is 4. The molecule has 10 nitrogen and oxygen atoms in total. The van der Waals surface area contributed by atoms with Gasteiger partial charge in [-0.1, -0.05) is 0 Å². The van der Waals surface area contributed by atoms with Crippen LogP contribution in [0.15, 0.2) is 12.1 Å². The Morgan fingerprint density at radius 3 is 1.26 bits per heavy atom. The third-order valence-electron chi connectivity index (χ3n) is 5.90. The summed E-state index contributed by atoms with van der Waals surface area (Å²) in [4.78, 5) is 51.5. The van der Waals surface area contributed by atoms with Gasteiger partial charge in [-0.15, -0.1) is 0 Å². The summed E-state index contributed by atoms with van der Waals surface area (Å²) in [5.41, 5.74) is 2.56. The molecule has 2 aromatic rings. The number of hydrogen-bond acceptors (Lipinski definition) is 10. The zero-order valence-corrected chi connectivity index (χ0v) is 19.1. The molecule has 4 rings (SSSR count). The average Bonchev–Trinajstić information content (AvgIpc) is 3.53. The predicted molar refractivity (Wildman–Crippen MR) is 114 cm³/mol. The van der Waals surface area contributed by atoms with E-state index in [1.807, 2.05) is 0 Å². The first-order valence-electron chi connectivity index (χ1n) is 10.2. The highest BCUT2D eigenvalue weighted by atomic mass is 16.5. The van der Waals surface area contributed by atoms with Crippen molar-refractivity contribution in [1.29, 1.82) is 0 Å². The van der Waals surface area contributed by atoms with Gasteiger partial charge in [0, 0.05) is 11.1 Å². The van der Waals surface area contributed by atoms with Crippen molar-refractivity contribution in [3.8, 4) is 11.1 Å². The van der Waals surface area contributed by atoms with Crippen molar-refractivity contribution in [1.82, 2.24) is 0 Å². The van der Waals surface area contributed by atoms with E-state index in [0.29, 0.717) is 22.3 Å². The summed E-state index contributed by atoms with van der Waals surface area (Å²) in [5.74, 6) is -3.19. The minimum absolute atomic E-state index is 0.0550. The molecule has 34 heavy (non-hydrogen) atoms. The Morgan fingerprint density at radius 1 is 0.588 bits per heavy atom. The highest BCUT2D eigenvalue weighted by Gasteiger charge is 2.37. The van der Waals surface area contributed by atoms with E-state index >= 15 is 0 Å². The zero-order valence-electron chi connectivity index (χ0n) is 19.1. The van der Waals surface area contributed by atoms with Crippen LogP contribution in [0.4, 0.5) is 0 Å². The topological polar surface area (TPSA) is 124 Å². The fourth-order valence-corrected chi connectivity index (χ4v) is 4.39. The molecule has 0 radical (unpaired) electrons. The Hall–Kier alpha value is -3.76. The molecule has 0 spiro atoms. The van der Waals surface area contributed by atoms with Gasteiger partial charge >= 0.3 is 23.9 Å². The van der Waals surface area contributed by atoms with Crippen molar-refractivity contribution in [3.63, 3.8) is 0 Å². The summed E-state index contributed by atoms with van der Waals surface area (Å²) in [6, 6.07) is 3.03. The maximum Gasteiger partial charge on any atom is 0.339 e. The molecule has 0 saturated carbocycles. The van der Waals surface area contributed by atoms with Crippen molar-refractivity contribution in [3.05, 3.63) is 56.6 Å². The molecular weight excluding hydrogens is 448 g/mol. The van der Waals surface area contributed by atoms with Crippen molar-refractivity contribution in [2.45, 2.75) is 26.4 Å². The molecule has 10 heteroatoms. The van der Waals surface area contributed by atoms with Crippen LogP contribution < -0.4 is 0 Å². The molecule has 178 valence electrons. The standard InChI is InChI=1S/C24H22O10/c1-29-21(25)13-5-11-7-33-9-15(11)17(19(13)23(27)31-3)18-16-10-34-8-12(16)6-14(22(26)30-2)20(18)24(28)32-4/h5-6H,7-10H2,1-4H3. The van der Waals surface area contributed by atoms with Crippen molar-refractivity contribution in [2.75, 3.05) is 28.4 Å². The van der Waals surface area contributed by atoms with Crippen LogP contribution in [0.1, 0.15) is 63.7 Å². The highest BCUT2D eigenvalue weighted by Crippen LogP contribution is 2.44. The lowest BCUT2D eigenvalue weighted by Crippen LogP contribution is -2.19. The summed E-state index contributed by atoms with van der Waals surface area (Å²) < 4.78 is 31.1. The lowest BCUT2D eigenvalue weighted by atomic mass is 9.81. The van der Waals surface area contributed by atoms with Crippen molar-refractivity contribution < 1.29 is 47.6 Å². The Bertz CT molecular complexity index is 1130. The van der Waals surface area contributed by atoms with Gasteiger partial charge in [-0.2, -0.15) is 0 Å². The molecule has 0 saturated heterocycles. The zero-order chi connectivity index (χ0) is 24.6. The van der Waals surface area contributed by atoms with Crippen LogP contribution in [0.25, 0.3) is 11.1 Å². The number of fused-ring (bicyclic) bond motifs is 2. The second-order valence-corrected chi connectivity index (χ2v) is 7.58. The van der Waals surface area contributed by atoms with Gasteiger partial charge in [-0.25, -0.2) is 19.2 Å². The number of hydrogen-bond donors (Lipinski definition) is 0. The lowest BCUT2D eigenvalue weighted by molar-refractivity contribution is 0.0553. The second-order valence-electron chi connectivity index (χ2n) is 7.58. The minimum Gasteiger partial charge on any atom is -0.465 e. The molecule has 2 aromatic carbocycles. The largest absolute Gasteiger partial charge is 0.465 e. The molecule has 0 N–H and O–H groups in total. The number of benzene rings is 2. The third-order valence-corrected chi connectivity index (χ3v) is 5.90. The molecule has 2 aliphatic heterocycles. The van der Waals surface area contributed by atoms with Crippen molar-refractivity contribution in [2.24, 2.45) is 0 Å². The number of carbonyl (C=O) groups excluding carboxylic acids is 4. The molecular formula is C24H22O10. The molecule has 0 fully saturated rings. The molecule has 0 bridgehead atoms. The van der Waals surface area contributed by atoms with E-state index in [-0.39, 0.29) is 59.8 Å². The van der Waals surface area contributed by atoms with Gasteiger partial charge in [0.25, 0.3) is 0 Å². The summed E-state index contributed by atoms with van der Waals surface area (Å²) in [6.45, 7) is 0.567. The van der Waals surface area contributed by atoms with Gasteiger partial charge < -0.3 is 28.4 Å². The molecule has 0 unspecified atom stereocenters. The van der Waals surface area contributed by atoms with Crippen LogP contribution in [0, 0.1) is 0 Å². The van der Waals surface area contributed by atoms with E-state index in [4.69, 9.17) is 28.4 Å². The van der Waals surface area contributed by atoms with Crippen LogP contribution in [0.3, 0.4) is 0 Å². The summed E-state index contributed by atoms with van der Waals surface area (Å²) in [6.07, 6.45) is 0. The third kappa shape index (κ3) is 3.61. The van der Waals surface area contributed by atoms with E-state index in [0.717, 1.165) is 0 Å². The van der Waals surface area contributed by atoms with E-state index < -0.39 is 23.9 Å². The normalized spacial score (nSPS) is 13.6. The first-order chi connectivity index (χ1) is 16.4. The minimum atomic E-state index is -0.822. The van der Waals surface area contributed by atoms with E-state index in [1.165, 1.54) is 40.6 Å². The summed E-state index contributed by atoms with van der Waals surface area (Å²) in [5, 5.41) is 0. The Morgan fingerprint density at radius 2 is 0.941 bits per heavy atom. The smallest absolute Gasteiger partial charge is 0.339 e. The predicted octanol–water partition coefficient (Wildman–Crippen LogP) is 2.56. The van der Waals surface area contributed by atoms with Gasteiger partial charge in [-0.05, 0) is 34.4 Å². The average molecular weight is 470 g/mol. The van der Waals surface area contributed by atoms with Gasteiger partial charge in [0.2, 0.25) is 0 Å². The lowest BCUT2D eigenvalue weighted by Gasteiger charge is -2.22. The van der Waals surface area contributed by atoms with Crippen LogP contribution in [0.5, 0.6) is 0 Å². The van der Waals surface area contributed by atoms with Gasteiger partial charge in [-0.3, -0.25) is 0 Å². The highest BCUT2D eigenvalue weighted by molar-refractivity contribution is 6.14. The summed E-state index contributed by atoms with van der Waals surface area (Å²) in [7, 11) is 4.74. The van der Waals surface area contributed by atoms with Crippen molar-refractivity contribution >= 4 is 23.9 Å². The van der Waals surface area contributed by atoms with E-state index in [9.17, 15) is 19.2 Å². The molecule has 2 aliphatic rings. The first-order valence-corrected chi connectivity index (χ1v) is 10.2. The number of methoxy groups -OCH3 is 4. The number of ether oxygens (including phenoxy) is 6. The Balaban J connectivity index is 2.24. The number of rotatable bonds is 5. The van der Waals surface area contributed by atoms with E-state index in [1.54, 1.807) is 0 Å². The Kier molecular flexibility index (Phi) is 6.36. The van der Waals surface area contributed by atoms with Gasteiger partial charge in [0.05, 0.1) is 77.1 Å². The van der Waals surface area contributed by atoms with Crippen LogP contribution in [-0.2, 0) is 54.8 Å². The van der Waals surface area contributed by atoms with Crippen LogP contribution >= 0.6 is 0 Å². The number of esters is 4. The first kappa shape index (κ1) is 23.4. The van der Waals surface area contributed by atoms with Gasteiger partial charge in [0.1, 0.15) is 0 Å². The van der Waals surface area contributed by atoms with E-state index in [2.05, 4.69) is 0 Å². The summed E-state index contributed by atoms with van der Waals surface area (Å²) >= 11 is 0. The SMILES string of the molecule is COC(=O)c1cc2c(c(-c3c4c(cc(C(=O)OC)c3C(=O)OC)COC4)c1C(=O)OC)COC2. The monoisotopic (exact) mass is 470 g/mol. The van der Waals surface area contributed by atoms with Crippen LogP contribution in [0.2, 0.25) is 0 Å². The molecule has 2 heterocycles. The fraction of sp³-hybridized carbons (Fsp3) is 0.333. The molecule has 0 aromatic heterocycles. The van der Waals surface area contributed by atoms with Gasteiger partial charge in [0.15, 0.2) is 0 Å². The quantitative estimate of drug-likeness (QED) is 0.476. The maximum atomic E-state index is 13.1. The second kappa shape index (κ2) is 9.24. The van der Waals surface area contributed by atoms with Crippen LogP contribution in [-0.4, -0.2) is 52.3 Å². The maximum absolute atomic E-state index is 13.1. The molecule has 0 aliphatic carbocycles. The Labute approximate surface area is 194 Å².